The van der Waals surface area contributed by atoms with Crippen LogP contribution in [0.15, 0.2) is 18.2 Å². The van der Waals surface area contributed by atoms with E-state index < -0.39 is 0 Å². The molecule has 4 heteroatoms. The molecule has 0 spiro atoms. The normalized spacial score (nSPS) is 16.2. The molecule has 0 saturated carbocycles. The summed E-state index contributed by atoms with van der Waals surface area (Å²) in [7, 11) is 0. The number of amides is 1. The molecule has 1 aliphatic heterocycles. The van der Waals surface area contributed by atoms with Gasteiger partial charge in [0.05, 0.1) is 6.61 Å². The summed E-state index contributed by atoms with van der Waals surface area (Å²) in [6.07, 6.45) is 3.40. The molecule has 0 radical (unpaired) electrons. The summed E-state index contributed by atoms with van der Waals surface area (Å²) < 4.78 is 5.45. The predicted octanol–water partition coefficient (Wildman–Crippen LogP) is 2.93. The van der Waals surface area contributed by atoms with Gasteiger partial charge in [0.15, 0.2) is 0 Å². The number of hydrogen-bond acceptors (Lipinski definition) is 3. The molecule has 0 aromatic heterocycles. The molecular formula is C16H24N2O2. The fourth-order valence-electron chi connectivity index (χ4n) is 2.72. The summed E-state index contributed by atoms with van der Waals surface area (Å²) in [5.41, 5.74) is 7.05. The second-order valence-corrected chi connectivity index (χ2v) is 5.37. The Morgan fingerprint density at radius 1 is 1.30 bits per heavy atom. The largest absolute Gasteiger partial charge is 0.494 e. The van der Waals surface area contributed by atoms with Crippen molar-refractivity contribution in [3.63, 3.8) is 0 Å². The number of carbonyl (C=O) groups excluding carboxylic acids is 1. The van der Waals surface area contributed by atoms with Gasteiger partial charge < -0.3 is 15.4 Å². The summed E-state index contributed by atoms with van der Waals surface area (Å²) in [4.78, 5) is 14.4. The van der Waals surface area contributed by atoms with Crippen LogP contribution >= 0.6 is 0 Å². The average molecular weight is 276 g/mol. The lowest BCUT2D eigenvalue weighted by molar-refractivity contribution is 0.0688. The van der Waals surface area contributed by atoms with Crippen molar-refractivity contribution in [3.8, 4) is 5.75 Å². The van der Waals surface area contributed by atoms with Crippen molar-refractivity contribution in [2.75, 3.05) is 25.4 Å². The van der Waals surface area contributed by atoms with Crippen LogP contribution in [0, 0.1) is 5.92 Å². The molecule has 0 bridgehead atoms. The topological polar surface area (TPSA) is 55.6 Å². The van der Waals surface area contributed by atoms with Crippen LogP contribution in [-0.4, -0.2) is 30.5 Å². The fraction of sp³-hybridized carbons (Fsp3) is 0.562. The van der Waals surface area contributed by atoms with Crippen LogP contribution in [0.3, 0.4) is 0 Å². The molecule has 1 heterocycles. The lowest BCUT2D eigenvalue weighted by atomic mass is 9.94. The number of rotatable bonds is 4. The van der Waals surface area contributed by atoms with Crippen LogP contribution < -0.4 is 10.5 Å². The Hall–Kier alpha value is -1.71. The fourth-order valence-corrected chi connectivity index (χ4v) is 2.72. The molecule has 1 aromatic carbocycles. The van der Waals surface area contributed by atoms with Crippen molar-refractivity contribution in [3.05, 3.63) is 23.8 Å². The maximum Gasteiger partial charge on any atom is 0.254 e. The van der Waals surface area contributed by atoms with Gasteiger partial charge in [0, 0.05) is 30.4 Å². The first-order chi connectivity index (χ1) is 9.63. The van der Waals surface area contributed by atoms with Crippen molar-refractivity contribution >= 4 is 11.6 Å². The molecule has 1 fully saturated rings. The number of carbonyl (C=O) groups is 1. The SMILES string of the molecule is CCOc1cc(N)cc(C(=O)N2CCC(CC)CC2)c1. The highest BCUT2D eigenvalue weighted by atomic mass is 16.5. The molecule has 4 nitrogen and oxygen atoms in total. The van der Waals surface area contributed by atoms with Crippen molar-refractivity contribution in [2.45, 2.75) is 33.1 Å². The lowest BCUT2D eigenvalue weighted by Gasteiger charge is -2.31. The van der Waals surface area contributed by atoms with Crippen molar-refractivity contribution in [2.24, 2.45) is 5.92 Å². The first kappa shape index (κ1) is 14.7. The molecule has 1 amide bonds. The molecule has 0 atom stereocenters. The molecular weight excluding hydrogens is 252 g/mol. The highest BCUT2D eigenvalue weighted by Crippen LogP contribution is 2.24. The number of nitrogens with two attached hydrogens (primary N) is 1. The quantitative estimate of drug-likeness (QED) is 0.860. The lowest BCUT2D eigenvalue weighted by Crippen LogP contribution is -2.38. The van der Waals surface area contributed by atoms with Crippen LogP contribution in [-0.2, 0) is 0 Å². The number of ether oxygens (including phenoxy) is 1. The molecule has 0 aliphatic carbocycles. The Bertz CT molecular complexity index is 466. The van der Waals surface area contributed by atoms with E-state index in [2.05, 4.69) is 6.92 Å². The number of nitrogen functional groups attached to an aromatic ring is 1. The summed E-state index contributed by atoms with van der Waals surface area (Å²) in [6.45, 7) is 6.39. The van der Waals surface area contributed by atoms with E-state index in [1.165, 1.54) is 6.42 Å². The minimum Gasteiger partial charge on any atom is -0.494 e. The molecule has 20 heavy (non-hydrogen) atoms. The third-order valence-electron chi connectivity index (χ3n) is 3.97. The van der Waals surface area contributed by atoms with Gasteiger partial charge in [-0.1, -0.05) is 13.3 Å². The highest BCUT2D eigenvalue weighted by molar-refractivity contribution is 5.95. The van der Waals surface area contributed by atoms with Gasteiger partial charge in [-0.2, -0.15) is 0 Å². The summed E-state index contributed by atoms with van der Waals surface area (Å²) >= 11 is 0. The van der Waals surface area contributed by atoms with Crippen LogP contribution in [0.4, 0.5) is 5.69 Å². The van der Waals surface area contributed by atoms with E-state index in [9.17, 15) is 4.79 Å². The van der Waals surface area contributed by atoms with Gasteiger partial charge in [0.1, 0.15) is 5.75 Å². The number of anilines is 1. The first-order valence-corrected chi connectivity index (χ1v) is 7.46. The Labute approximate surface area is 120 Å². The van der Waals surface area contributed by atoms with Crippen LogP contribution in [0.2, 0.25) is 0 Å². The van der Waals surface area contributed by atoms with E-state index in [1.807, 2.05) is 11.8 Å². The third-order valence-corrected chi connectivity index (χ3v) is 3.97. The predicted molar refractivity (Wildman–Crippen MR) is 80.9 cm³/mol. The van der Waals surface area contributed by atoms with Crippen LogP contribution in [0.25, 0.3) is 0 Å². The molecule has 0 unspecified atom stereocenters. The zero-order valence-electron chi connectivity index (χ0n) is 12.4. The van der Waals surface area contributed by atoms with Gasteiger partial charge in [-0.25, -0.2) is 0 Å². The summed E-state index contributed by atoms with van der Waals surface area (Å²) in [5, 5.41) is 0. The van der Waals surface area contributed by atoms with Gasteiger partial charge in [-0.3, -0.25) is 4.79 Å². The smallest absolute Gasteiger partial charge is 0.254 e. The minimum atomic E-state index is 0.0628. The Kier molecular flexibility index (Phi) is 4.88. The van der Waals surface area contributed by atoms with E-state index in [-0.39, 0.29) is 5.91 Å². The van der Waals surface area contributed by atoms with Gasteiger partial charge in [-0.05, 0) is 37.8 Å². The number of nitrogens with zero attached hydrogens (tertiary/aromatic N) is 1. The van der Waals surface area contributed by atoms with Crippen LogP contribution in [0.5, 0.6) is 5.75 Å². The average Bonchev–Trinajstić information content (AvgIpc) is 2.46. The zero-order valence-corrected chi connectivity index (χ0v) is 12.4. The van der Waals surface area contributed by atoms with Crippen molar-refractivity contribution in [1.82, 2.24) is 4.90 Å². The van der Waals surface area contributed by atoms with Gasteiger partial charge in [0.2, 0.25) is 0 Å². The molecule has 2 N–H and O–H groups in total. The number of piperidine rings is 1. The maximum absolute atomic E-state index is 12.5. The number of benzene rings is 1. The van der Waals surface area contributed by atoms with Crippen LogP contribution in [0.1, 0.15) is 43.5 Å². The monoisotopic (exact) mass is 276 g/mol. The van der Waals surface area contributed by atoms with Gasteiger partial charge in [0.25, 0.3) is 5.91 Å². The van der Waals surface area contributed by atoms with E-state index in [0.717, 1.165) is 31.8 Å². The standard InChI is InChI=1S/C16H24N2O2/c1-3-12-5-7-18(8-6-12)16(19)13-9-14(17)11-15(10-13)20-4-2/h9-12H,3-8,17H2,1-2H3. The minimum absolute atomic E-state index is 0.0628. The maximum atomic E-state index is 12.5. The number of hydrogen-bond donors (Lipinski definition) is 1. The Balaban J connectivity index is 2.09. The molecule has 2 rings (SSSR count). The summed E-state index contributed by atoms with van der Waals surface area (Å²) in [6, 6.07) is 5.27. The van der Waals surface area contributed by atoms with E-state index >= 15 is 0 Å². The van der Waals surface area contributed by atoms with Gasteiger partial charge in [-0.15, -0.1) is 0 Å². The van der Waals surface area contributed by atoms with Crippen molar-refractivity contribution < 1.29 is 9.53 Å². The molecule has 110 valence electrons. The molecule has 1 saturated heterocycles. The molecule has 1 aliphatic rings. The molecule has 1 aromatic rings. The number of likely N-dealkylation sites (tertiary alicyclic amines) is 1. The summed E-state index contributed by atoms with van der Waals surface area (Å²) in [5.74, 6) is 1.49. The second kappa shape index (κ2) is 6.64. The van der Waals surface area contributed by atoms with E-state index in [0.29, 0.717) is 23.6 Å². The first-order valence-electron chi connectivity index (χ1n) is 7.46. The zero-order chi connectivity index (χ0) is 14.5. The van der Waals surface area contributed by atoms with Gasteiger partial charge >= 0.3 is 0 Å². The third kappa shape index (κ3) is 3.44. The highest BCUT2D eigenvalue weighted by Gasteiger charge is 2.23. The Morgan fingerprint density at radius 3 is 2.60 bits per heavy atom. The van der Waals surface area contributed by atoms with Crippen molar-refractivity contribution in [1.29, 1.82) is 0 Å². The van der Waals surface area contributed by atoms with E-state index in [4.69, 9.17) is 10.5 Å². The Morgan fingerprint density at radius 2 is 2.00 bits per heavy atom. The van der Waals surface area contributed by atoms with E-state index in [1.54, 1.807) is 18.2 Å². The second-order valence-electron chi connectivity index (χ2n) is 5.37.